The molecule has 0 bridgehead atoms. The normalized spacial score (nSPS) is 10.3. The van der Waals surface area contributed by atoms with E-state index in [-0.39, 0.29) is 6.61 Å². The van der Waals surface area contributed by atoms with E-state index in [0.29, 0.717) is 22.3 Å². The third-order valence-corrected chi connectivity index (χ3v) is 3.67. The Kier molecular flexibility index (Phi) is 7.51. The number of carbonyl (C=O) groups is 2. The first kappa shape index (κ1) is 20.1. The maximum absolute atomic E-state index is 11.8. The highest BCUT2D eigenvalue weighted by Crippen LogP contribution is 2.27. The summed E-state index contributed by atoms with van der Waals surface area (Å²) < 4.78 is 15.6. The number of carbonyl (C=O) groups excluding carboxylic acids is 2. The molecule has 2 amide bonds. The number of benzene rings is 2. The minimum absolute atomic E-state index is 0.288. The Labute approximate surface area is 161 Å². The zero-order valence-electron chi connectivity index (χ0n) is 14.8. The number of methoxy groups -OCH3 is 2. The molecule has 0 fully saturated rings. The number of ether oxygens (including phenoxy) is 3. The molecule has 0 saturated heterocycles. The minimum atomic E-state index is -0.525. The fraction of sp³-hybridized carbons (Fsp3) is 0.158. The third-order valence-electron chi connectivity index (χ3n) is 3.36. The Hall–Kier alpha value is -3.19. The van der Waals surface area contributed by atoms with Crippen molar-refractivity contribution in [2.45, 2.75) is 0 Å². The molecule has 0 saturated carbocycles. The van der Waals surface area contributed by atoms with Gasteiger partial charge in [0.25, 0.3) is 11.8 Å². The van der Waals surface area contributed by atoms with Crippen LogP contribution in [0.2, 0.25) is 5.02 Å². The molecular weight excluding hydrogens is 372 g/mol. The Morgan fingerprint density at radius 3 is 2.44 bits per heavy atom. The second kappa shape index (κ2) is 10.1. The molecule has 2 rings (SSSR count). The van der Waals surface area contributed by atoms with Crippen LogP contribution in [0.4, 0.5) is 0 Å². The number of hydrogen-bond acceptors (Lipinski definition) is 5. The fourth-order valence-corrected chi connectivity index (χ4v) is 2.23. The number of para-hydroxylation sites is 1. The quantitative estimate of drug-likeness (QED) is 0.560. The van der Waals surface area contributed by atoms with Crippen LogP contribution in [0.1, 0.15) is 5.56 Å². The van der Waals surface area contributed by atoms with Crippen molar-refractivity contribution in [2.75, 3.05) is 20.8 Å². The monoisotopic (exact) mass is 390 g/mol. The molecule has 0 aliphatic carbocycles. The van der Waals surface area contributed by atoms with Crippen LogP contribution in [0.3, 0.4) is 0 Å². The van der Waals surface area contributed by atoms with Crippen LogP contribution in [-0.2, 0) is 9.59 Å². The molecule has 7 nitrogen and oxygen atoms in total. The number of rotatable bonds is 7. The Bertz CT molecular complexity index is 839. The van der Waals surface area contributed by atoms with Gasteiger partial charge in [-0.05, 0) is 35.9 Å². The summed E-state index contributed by atoms with van der Waals surface area (Å²) in [5.74, 6) is 0.489. The molecular formula is C19H19ClN2O5. The van der Waals surface area contributed by atoms with Gasteiger partial charge < -0.3 is 14.2 Å². The fourth-order valence-electron chi connectivity index (χ4n) is 2.04. The van der Waals surface area contributed by atoms with Crippen LogP contribution in [0, 0.1) is 0 Å². The van der Waals surface area contributed by atoms with Gasteiger partial charge in [0.05, 0.1) is 19.2 Å². The largest absolute Gasteiger partial charge is 0.493 e. The molecule has 0 aliphatic heterocycles. The van der Waals surface area contributed by atoms with Crippen LogP contribution in [0.15, 0.2) is 48.5 Å². The predicted octanol–water partition coefficient (Wildman–Crippen LogP) is 2.60. The van der Waals surface area contributed by atoms with Gasteiger partial charge in [-0.15, -0.1) is 0 Å². The van der Waals surface area contributed by atoms with E-state index in [2.05, 4.69) is 10.9 Å². The Morgan fingerprint density at radius 1 is 1.00 bits per heavy atom. The summed E-state index contributed by atoms with van der Waals surface area (Å²) in [7, 11) is 3.07. The van der Waals surface area contributed by atoms with Gasteiger partial charge in [-0.2, -0.15) is 0 Å². The Balaban J connectivity index is 1.81. The van der Waals surface area contributed by atoms with E-state index in [1.807, 2.05) is 0 Å². The summed E-state index contributed by atoms with van der Waals surface area (Å²) in [4.78, 5) is 23.5. The maximum Gasteiger partial charge on any atom is 0.276 e. The van der Waals surface area contributed by atoms with Crippen molar-refractivity contribution in [3.63, 3.8) is 0 Å². The molecule has 0 radical (unpaired) electrons. The molecule has 2 N–H and O–H groups in total. The van der Waals surface area contributed by atoms with Crippen molar-refractivity contribution in [3.05, 3.63) is 59.1 Å². The summed E-state index contributed by atoms with van der Waals surface area (Å²) in [6.07, 6.45) is 2.85. The lowest BCUT2D eigenvalue weighted by Gasteiger charge is -2.09. The second-order valence-corrected chi connectivity index (χ2v) is 5.61. The molecule has 0 aliphatic rings. The molecule has 0 unspecified atom stereocenters. The first-order valence-corrected chi connectivity index (χ1v) is 8.27. The molecule has 0 atom stereocenters. The van der Waals surface area contributed by atoms with Gasteiger partial charge in [0.2, 0.25) is 0 Å². The van der Waals surface area contributed by atoms with E-state index in [4.69, 9.17) is 25.8 Å². The van der Waals surface area contributed by atoms with Crippen LogP contribution >= 0.6 is 11.6 Å². The average Bonchev–Trinajstić information content (AvgIpc) is 2.69. The lowest BCUT2D eigenvalue weighted by molar-refractivity contribution is -0.128. The van der Waals surface area contributed by atoms with E-state index in [1.54, 1.807) is 55.7 Å². The van der Waals surface area contributed by atoms with Crippen LogP contribution in [0.25, 0.3) is 6.08 Å². The smallest absolute Gasteiger partial charge is 0.276 e. The van der Waals surface area contributed by atoms with Gasteiger partial charge in [0.1, 0.15) is 5.75 Å². The molecule has 0 aromatic heterocycles. The van der Waals surface area contributed by atoms with Gasteiger partial charge in [-0.25, -0.2) is 0 Å². The number of nitrogens with one attached hydrogen (secondary N) is 2. The van der Waals surface area contributed by atoms with Crippen LogP contribution in [-0.4, -0.2) is 32.6 Å². The maximum atomic E-state index is 11.8. The summed E-state index contributed by atoms with van der Waals surface area (Å²) in [6, 6.07) is 12.0. The SMILES string of the molecule is COc1ccc(C=CC(=O)NNC(=O)COc2ccccc2Cl)cc1OC. The van der Waals surface area contributed by atoms with E-state index in [1.165, 1.54) is 13.2 Å². The van der Waals surface area contributed by atoms with Gasteiger partial charge in [-0.1, -0.05) is 29.8 Å². The molecule has 0 heterocycles. The number of hydrazine groups is 1. The molecule has 2 aromatic rings. The summed E-state index contributed by atoms with van der Waals surface area (Å²) >= 11 is 5.92. The van der Waals surface area contributed by atoms with Crippen molar-refractivity contribution in [3.8, 4) is 17.2 Å². The highest BCUT2D eigenvalue weighted by atomic mass is 35.5. The van der Waals surface area contributed by atoms with Gasteiger partial charge in [0, 0.05) is 6.08 Å². The summed E-state index contributed by atoms with van der Waals surface area (Å²) in [5.41, 5.74) is 5.24. The number of halogens is 1. The zero-order valence-corrected chi connectivity index (χ0v) is 15.6. The van der Waals surface area contributed by atoms with Gasteiger partial charge in [0.15, 0.2) is 18.1 Å². The highest BCUT2D eigenvalue weighted by molar-refractivity contribution is 6.32. The standard InChI is InChI=1S/C19H19ClN2O5/c1-25-16-9-7-13(11-17(16)26-2)8-10-18(23)21-22-19(24)12-27-15-6-4-3-5-14(15)20/h3-11H,12H2,1-2H3,(H,21,23)(H,22,24). The lowest BCUT2D eigenvalue weighted by Crippen LogP contribution is -2.43. The van der Waals surface area contributed by atoms with Gasteiger partial charge in [-0.3, -0.25) is 20.4 Å². The predicted molar refractivity (Wildman–Crippen MR) is 102 cm³/mol. The van der Waals surface area contributed by atoms with Crippen LogP contribution in [0.5, 0.6) is 17.2 Å². The van der Waals surface area contributed by atoms with Crippen molar-refractivity contribution < 1.29 is 23.8 Å². The average molecular weight is 391 g/mol. The van der Waals surface area contributed by atoms with Crippen molar-refractivity contribution >= 4 is 29.5 Å². The van der Waals surface area contributed by atoms with E-state index in [9.17, 15) is 9.59 Å². The second-order valence-electron chi connectivity index (χ2n) is 5.20. The lowest BCUT2D eigenvalue weighted by atomic mass is 10.2. The topological polar surface area (TPSA) is 85.9 Å². The molecule has 27 heavy (non-hydrogen) atoms. The zero-order chi connectivity index (χ0) is 19.6. The highest BCUT2D eigenvalue weighted by Gasteiger charge is 2.06. The van der Waals surface area contributed by atoms with Gasteiger partial charge >= 0.3 is 0 Å². The van der Waals surface area contributed by atoms with Crippen molar-refractivity contribution in [1.82, 2.24) is 10.9 Å². The minimum Gasteiger partial charge on any atom is -0.493 e. The van der Waals surface area contributed by atoms with Crippen molar-refractivity contribution in [1.29, 1.82) is 0 Å². The molecule has 2 aromatic carbocycles. The molecule has 142 valence electrons. The van der Waals surface area contributed by atoms with E-state index < -0.39 is 11.8 Å². The Morgan fingerprint density at radius 2 is 1.74 bits per heavy atom. The van der Waals surface area contributed by atoms with E-state index in [0.717, 1.165) is 5.56 Å². The first-order chi connectivity index (χ1) is 13.0. The number of hydrogen-bond donors (Lipinski definition) is 2. The summed E-state index contributed by atoms with van der Waals surface area (Å²) in [5, 5.41) is 0.396. The summed E-state index contributed by atoms with van der Waals surface area (Å²) in [6.45, 7) is -0.288. The van der Waals surface area contributed by atoms with Crippen LogP contribution < -0.4 is 25.1 Å². The van der Waals surface area contributed by atoms with E-state index >= 15 is 0 Å². The number of amides is 2. The molecule has 0 spiro atoms. The third kappa shape index (κ3) is 6.23. The van der Waals surface area contributed by atoms with Crippen molar-refractivity contribution in [2.24, 2.45) is 0 Å². The molecule has 8 heteroatoms. The first-order valence-electron chi connectivity index (χ1n) is 7.89.